The Hall–Kier alpha value is -1.34. The molecule has 27 heavy (non-hydrogen) atoms. The molecule has 3 aliphatic rings. The maximum Gasteiger partial charge on any atom is 0.410 e. The first-order chi connectivity index (χ1) is 12.9. The van der Waals surface area contributed by atoms with Crippen LogP contribution >= 0.6 is 0 Å². The number of likely N-dealkylation sites (tertiary alicyclic amines) is 1. The minimum absolute atomic E-state index is 0.184. The van der Waals surface area contributed by atoms with Gasteiger partial charge in [-0.25, -0.2) is 4.79 Å². The smallest absolute Gasteiger partial charge is 0.410 e. The standard InChI is InChI=1S/C20H35N3O4/c1-16(2)4-7-23-15-20(27-19(23)25)5-8-22(9-6-20)18(24)14-17(3)21-10-12-26-13-11-21/h16-17H,4-15H2,1-3H3. The molecule has 0 saturated carbocycles. The molecule has 1 atom stereocenters. The lowest BCUT2D eigenvalue weighted by Gasteiger charge is -2.38. The summed E-state index contributed by atoms with van der Waals surface area (Å²) in [5.74, 6) is 0.784. The van der Waals surface area contributed by atoms with Gasteiger partial charge in [-0.2, -0.15) is 0 Å². The fourth-order valence-corrected chi connectivity index (χ4v) is 4.23. The molecule has 3 aliphatic heterocycles. The number of morpholine rings is 1. The summed E-state index contributed by atoms with van der Waals surface area (Å²) in [5.41, 5.74) is -0.388. The fourth-order valence-electron chi connectivity index (χ4n) is 4.23. The lowest BCUT2D eigenvalue weighted by Crippen LogP contribution is -2.50. The lowest BCUT2D eigenvalue weighted by molar-refractivity contribution is -0.136. The number of amides is 2. The van der Waals surface area contributed by atoms with Crippen LogP contribution in [0.5, 0.6) is 0 Å². The molecular formula is C20H35N3O4. The minimum Gasteiger partial charge on any atom is -0.441 e. The third kappa shape index (κ3) is 5.13. The van der Waals surface area contributed by atoms with E-state index in [0.717, 1.165) is 52.1 Å². The average molecular weight is 382 g/mol. The number of hydrogen-bond donors (Lipinski definition) is 0. The molecule has 0 aromatic carbocycles. The van der Waals surface area contributed by atoms with Crippen molar-refractivity contribution in [2.75, 3.05) is 52.5 Å². The number of hydrogen-bond acceptors (Lipinski definition) is 5. The third-order valence-electron chi connectivity index (χ3n) is 6.18. The fraction of sp³-hybridized carbons (Fsp3) is 0.900. The average Bonchev–Trinajstić information content (AvgIpc) is 2.96. The second kappa shape index (κ2) is 8.78. The number of nitrogens with zero attached hydrogens (tertiary/aromatic N) is 3. The van der Waals surface area contributed by atoms with Crippen LogP contribution in [0.15, 0.2) is 0 Å². The Morgan fingerprint density at radius 2 is 1.78 bits per heavy atom. The first-order valence-electron chi connectivity index (χ1n) is 10.5. The van der Waals surface area contributed by atoms with Gasteiger partial charge in [0.1, 0.15) is 5.60 Å². The summed E-state index contributed by atoms with van der Waals surface area (Å²) in [7, 11) is 0. The molecule has 1 unspecified atom stereocenters. The van der Waals surface area contributed by atoms with Gasteiger partial charge in [0.2, 0.25) is 5.91 Å². The number of rotatable bonds is 6. The van der Waals surface area contributed by atoms with Crippen LogP contribution in [0.2, 0.25) is 0 Å². The monoisotopic (exact) mass is 381 g/mol. The van der Waals surface area contributed by atoms with Gasteiger partial charge in [0.25, 0.3) is 0 Å². The number of ether oxygens (including phenoxy) is 2. The van der Waals surface area contributed by atoms with Gasteiger partial charge in [-0.1, -0.05) is 13.8 Å². The zero-order chi connectivity index (χ0) is 19.4. The Bertz CT molecular complexity index is 525. The zero-order valence-corrected chi connectivity index (χ0v) is 17.1. The Balaban J connectivity index is 1.45. The molecule has 7 heteroatoms. The van der Waals surface area contributed by atoms with E-state index in [1.165, 1.54) is 0 Å². The van der Waals surface area contributed by atoms with Crippen LogP contribution in [0.1, 0.15) is 46.5 Å². The molecule has 0 N–H and O–H groups in total. The summed E-state index contributed by atoms with van der Waals surface area (Å²) >= 11 is 0. The van der Waals surface area contributed by atoms with Crippen LogP contribution < -0.4 is 0 Å². The molecule has 0 aliphatic carbocycles. The first kappa shape index (κ1) is 20.4. The molecule has 3 heterocycles. The topological polar surface area (TPSA) is 62.3 Å². The van der Waals surface area contributed by atoms with E-state index >= 15 is 0 Å². The highest BCUT2D eigenvalue weighted by atomic mass is 16.6. The van der Waals surface area contributed by atoms with Crippen LogP contribution in [0.3, 0.4) is 0 Å². The second-order valence-electron chi connectivity index (χ2n) is 8.74. The van der Waals surface area contributed by atoms with Gasteiger partial charge in [0, 0.05) is 58.0 Å². The van der Waals surface area contributed by atoms with Crippen molar-refractivity contribution in [2.45, 2.75) is 58.1 Å². The summed E-state index contributed by atoms with van der Waals surface area (Å²) in [5, 5.41) is 0. The summed E-state index contributed by atoms with van der Waals surface area (Å²) < 4.78 is 11.2. The van der Waals surface area contributed by atoms with Crippen LogP contribution in [0.4, 0.5) is 4.79 Å². The number of carbonyl (C=O) groups is 2. The van der Waals surface area contributed by atoms with Gasteiger partial charge < -0.3 is 19.3 Å². The molecule has 0 aromatic rings. The number of piperidine rings is 1. The predicted molar refractivity (Wildman–Crippen MR) is 103 cm³/mol. The normalized spacial score (nSPS) is 24.5. The molecule has 3 rings (SSSR count). The third-order valence-corrected chi connectivity index (χ3v) is 6.18. The van der Waals surface area contributed by atoms with E-state index in [-0.39, 0.29) is 23.6 Å². The second-order valence-corrected chi connectivity index (χ2v) is 8.74. The maximum atomic E-state index is 12.7. The van der Waals surface area contributed by atoms with Crippen LogP contribution in [-0.2, 0) is 14.3 Å². The summed E-state index contributed by atoms with van der Waals surface area (Å²) in [4.78, 5) is 31.0. The molecule has 0 radical (unpaired) electrons. The molecule has 7 nitrogen and oxygen atoms in total. The number of carbonyl (C=O) groups excluding carboxylic acids is 2. The Morgan fingerprint density at radius 3 is 2.41 bits per heavy atom. The van der Waals surface area contributed by atoms with Gasteiger partial charge in [-0.3, -0.25) is 9.69 Å². The molecule has 3 saturated heterocycles. The molecule has 0 aromatic heterocycles. The van der Waals surface area contributed by atoms with E-state index in [9.17, 15) is 9.59 Å². The highest BCUT2D eigenvalue weighted by Gasteiger charge is 2.47. The highest BCUT2D eigenvalue weighted by molar-refractivity contribution is 5.77. The van der Waals surface area contributed by atoms with E-state index < -0.39 is 0 Å². The maximum absolute atomic E-state index is 12.7. The Labute approximate surface area is 162 Å². The van der Waals surface area contributed by atoms with Gasteiger partial charge in [0.05, 0.1) is 19.8 Å². The Morgan fingerprint density at radius 1 is 1.11 bits per heavy atom. The van der Waals surface area contributed by atoms with E-state index in [2.05, 4.69) is 25.7 Å². The molecule has 1 spiro atoms. The van der Waals surface area contributed by atoms with Gasteiger partial charge in [0.15, 0.2) is 0 Å². The zero-order valence-electron chi connectivity index (χ0n) is 17.1. The SMILES string of the molecule is CC(C)CCN1CC2(CCN(C(=O)CC(C)N3CCOCC3)CC2)OC1=O. The van der Waals surface area contributed by atoms with E-state index in [1.807, 2.05) is 9.80 Å². The van der Waals surface area contributed by atoms with E-state index in [0.29, 0.717) is 32.0 Å². The van der Waals surface area contributed by atoms with Crippen molar-refractivity contribution >= 4 is 12.0 Å². The largest absolute Gasteiger partial charge is 0.441 e. The van der Waals surface area contributed by atoms with Crippen molar-refractivity contribution in [3.05, 3.63) is 0 Å². The van der Waals surface area contributed by atoms with Crippen molar-refractivity contribution in [2.24, 2.45) is 5.92 Å². The Kier molecular flexibility index (Phi) is 6.63. The van der Waals surface area contributed by atoms with Gasteiger partial charge in [-0.15, -0.1) is 0 Å². The van der Waals surface area contributed by atoms with Crippen LogP contribution in [0.25, 0.3) is 0 Å². The van der Waals surface area contributed by atoms with Crippen LogP contribution in [-0.4, -0.2) is 90.8 Å². The quantitative estimate of drug-likeness (QED) is 0.704. The summed E-state index contributed by atoms with van der Waals surface area (Å²) in [6, 6.07) is 0.244. The van der Waals surface area contributed by atoms with E-state index in [1.54, 1.807) is 0 Å². The molecule has 0 bridgehead atoms. The molecular weight excluding hydrogens is 346 g/mol. The lowest BCUT2D eigenvalue weighted by atomic mass is 9.91. The minimum atomic E-state index is -0.388. The summed E-state index contributed by atoms with van der Waals surface area (Å²) in [6.07, 6.45) is 2.85. The van der Waals surface area contributed by atoms with Gasteiger partial charge >= 0.3 is 6.09 Å². The first-order valence-corrected chi connectivity index (χ1v) is 10.5. The van der Waals surface area contributed by atoms with Gasteiger partial charge in [-0.05, 0) is 19.3 Å². The van der Waals surface area contributed by atoms with Crippen molar-refractivity contribution in [1.29, 1.82) is 0 Å². The van der Waals surface area contributed by atoms with Crippen molar-refractivity contribution < 1.29 is 19.1 Å². The van der Waals surface area contributed by atoms with Crippen molar-refractivity contribution in [3.8, 4) is 0 Å². The predicted octanol–water partition coefficient (Wildman–Crippen LogP) is 1.96. The highest BCUT2D eigenvalue weighted by Crippen LogP contribution is 2.33. The van der Waals surface area contributed by atoms with Crippen molar-refractivity contribution in [3.63, 3.8) is 0 Å². The molecule has 2 amide bonds. The molecule has 154 valence electrons. The van der Waals surface area contributed by atoms with Crippen LogP contribution in [0, 0.1) is 5.92 Å². The van der Waals surface area contributed by atoms with Crippen molar-refractivity contribution in [1.82, 2.24) is 14.7 Å². The molecule has 3 fully saturated rings. The summed E-state index contributed by atoms with van der Waals surface area (Å²) in [6.45, 7) is 12.6. The van der Waals surface area contributed by atoms with E-state index in [4.69, 9.17) is 9.47 Å².